The van der Waals surface area contributed by atoms with Gasteiger partial charge in [0.1, 0.15) is 5.82 Å². The molecule has 6 heteroatoms. The number of aromatic nitrogens is 2. The van der Waals surface area contributed by atoms with E-state index in [0.29, 0.717) is 12.8 Å². The molecule has 6 nitrogen and oxygen atoms in total. The highest BCUT2D eigenvalue weighted by molar-refractivity contribution is 5.86. The molecule has 30 heavy (non-hydrogen) atoms. The number of amides is 1. The summed E-state index contributed by atoms with van der Waals surface area (Å²) in [5.41, 5.74) is 9.56. The first-order chi connectivity index (χ1) is 14.2. The van der Waals surface area contributed by atoms with E-state index in [1.807, 2.05) is 80.2 Å². The van der Waals surface area contributed by atoms with Crippen molar-refractivity contribution in [2.45, 2.75) is 32.1 Å². The van der Waals surface area contributed by atoms with Crippen molar-refractivity contribution in [1.29, 1.82) is 0 Å². The fourth-order valence-electron chi connectivity index (χ4n) is 3.24. The zero-order valence-electron chi connectivity index (χ0n) is 17.8. The average Bonchev–Trinajstić information content (AvgIpc) is 3.14. The molecule has 0 radical (unpaired) electrons. The monoisotopic (exact) mass is 405 g/mol. The summed E-state index contributed by atoms with van der Waals surface area (Å²) in [7, 11) is 3.36. The second-order valence-corrected chi connectivity index (χ2v) is 7.90. The van der Waals surface area contributed by atoms with E-state index >= 15 is 0 Å². The predicted molar refractivity (Wildman–Crippen MR) is 117 cm³/mol. The van der Waals surface area contributed by atoms with Crippen LogP contribution in [0.4, 0.5) is 0 Å². The van der Waals surface area contributed by atoms with Gasteiger partial charge in [0.05, 0.1) is 18.2 Å². The minimum Gasteiger partial charge on any atom is -0.469 e. The topological polar surface area (TPSA) is 87.2 Å². The van der Waals surface area contributed by atoms with Crippen LogP contribution < -0.4 is 5.73 Å². The SMILES string of the molecule is COC(=O)CCc1ccc(-c2nc(-c3ccc(C(C)(C)C(N)=O)cc3)cn2C)cc1. The number of hydrogen-bond donors (Lipinski definition) is 1. The highest BCUT2D eigenvalue weighted by Crippen LogP contribution is 2.28. The highest BCUT2D eigenvalue weighted by Gasteiger charge is 2.27. The summed E-state index contributed by atoms with van der Waals surface area (Å²) in [6, 6.07) is 15.8. The minimum atomic E-state index is -0.719. The number of benzene rings is 2. The van der Waals surface area contributed by atoms with E-state index in [0.717, 1.165) is 33.8 Å². The molecule has 0 unspecified atom stereocenters. The van der Waals surface area contributed by atoms with E-state index in [9.17, 15) is 9.59 Å². The van der Waals surface area contributed by atoms with Crippen molar-refractivity contribution in [3.05, 3.63) is 65.9 Å². The molecule has 2 N–H and O–H groups in total. The van der Waals surface area contributed by atoms with Gasteiger partial charge in [-0.1, -0.05) is 48.5 Å². The number of primary amides is 1. The van der Waals surface area contributed by atoms with Crippen LogP contribution in [0.25, 0.3) is 22.6 Å². The molecule has 0 aliphatic heterocycles. The number of nitrogens with two attached hydrogens (primary N) is 1. The Morgan fingerprint density at radius 3 is 2.20 bits per heavy atom. The van der Waals surface area contributed by atoms with Gasteiger partial charge in [0, 0.05) is 30.8 Å². The molecular weight excluding hydrogens is 378 g/mol. The number of esters is 1. The zero-order valence-corrected chi connectivity index (χ0v) is 17.8. The quantitative estimate of drug-likeness (QED) is 0.608. The summed E-state index contributed by atoms with van der Waals surface area (Å²) in [6.45, 7) is 3.64. The van der Waals surface area contributed by atoms with E-state index in [1.54, 1.807) is 0 Å². The van der Waals surface area contributed by atoms with Gasteiger partial charge in [0.15, 0.2) is 0 Å². The Morgan fingerprint density at radius 1 is 1.03 bits per heavy atom. The Hall–Kier alpha value is -3.41. The summed E-state index contributed by atoms with van der Waals surface area (Å²) in [5, 5.41) is 0. The van der Waals surface area contributed by atoms with E-state index in [1.165, 1.54) is 7.11 Å². The van der Waals surface area contributed by atoms with E-state index in [-0.39, 0.29) is 11.9 Å². The molecule has 2 aromatic carbocycles. The fourth-order valence-corrected chi connectivity index (χ4v) is 3.24. The van der Waals surface area contributed by atoms with Gasteiger partial charge in [-0.05, 0) is 31.4 Å². The van der Waals surface area contributed by atoms with Gasteiger partial charge in [-0.3, -0.25) is 9.59 Å². The third-order valence-corrected chi connectivity index (χ3v) is 5.45. The Labute approximate surface area is 176 Å². The summed E-state index contributed by atoms with van der Waals surface area (Å²) >= 11 is 0. The number of carbonyl (C=O) groups is 2. The van der Waals surface area contributed by atoms with Gasteiger partial charge in [-0.25, -0.2) is 4.98 Å². The molecule has 0 saturated heterocycles. The maximum Gasteiger partial charge on any atom is 0.305 e. The number of ether oxygens (including phenoxy) is 1. The van der Waals surface area contributed by atoms with Crippen molar-refractivity contribution in [3.63, 3.8) is 0 Å². The molecule has 0 bridgehead atoms. The molecule has 1 heterocycles. The first-order valence-corrected chi connectivity index (χ1v) is 9.82. The smallest absolute Gasteiger partial charge is 0.305 e. The summed E-state index contributed by atoms with van der Waals surface area (Å²) in [4.78, 5) is 27.8. The Bertz CT molecular complexity index is 1050. The Kier molecular flexibility index (Phi) is 6.06. The van der Waals surface area contributed by atoms with Gasteiger partial charge in [-0.15, -0.1) is 0 Å². The first kappa shape index (κ1) is 21.3. The lowest BCUT2D eigenvalue weighted by atomic mass is 9.83. The molecule has 0 aliphatic rings. The van der Waals surface area contributed by atoms with Crippen LogP contribution in [-0.4, -0.2) is 28.5 Å². The second-order valence-electron chi connectivity index (χ2n) is 7.90. The van der Waals surface area contributed by atoms with Crippen LogP contribution in [0.1, 0.15) is 31.4 Å². The maximum absolute atomic E-state index is 11.7. The molecule has 0 atom stereocenters. The third-order valence-electron chi connectivity index (χ3n) is 5.45. The van der Waals surface area contributed by atoms with E-state index in [2.05, 4.69) is 4.74 Å². The number of carbonyl (C=O) groups excluding carboxylic acids is 2. The van der Waals surface area contributed by atoms with Crippen molar-refractivity contribution in [3.8, 4) is 22.6 Å². The number of methoxy groups -OCH3 is 1. The molecule has 156 valence electrons. The molecule has 0 aliphatic carbocycles. The number of imidazole rings is 1. The summed E-state index contributed by atoms with van der Waals surface area (Å²) in [5.74, 6) is 0.287. The Morgan fingerprint density at radius 2 is 1.63 bits per heavy atom. The van der Waals surface area contributed by atoms with Crippen LogP contribution in [0.2, 0.25) is 0 Å². The van der Waals surface area contributed by atoms with Crippen molar-refractivity contribution < 1.29 is 14.3 Å². The largest absolute Gasteiger partial charge is 0.469 e. The third kappa shape index (κ3) is 4.43. The van der Waals surface area contributed by atoms with Crippen LogP contribution >= 0.6 is 0 Å². The molecule has 1 aromatic heterocycles. The van der Waals surface area contributed by atoms with Crippen LogP contribution in [0, 0.1) is 0 Å². The second kappa shape index (κ2) is 8.53. The number of hydrogen-bond acceptors (Lipinski definition) is 4. The van der Waals surface area contributed by atoms with E-state index in [4.69, 9.17) is 10.7 Å². The molecule has 0 saturated carbocycles. The summed E-state index contributed by atoms with van der Waals surface area (Å²) in [6.07, 6.45) is 2.99. The molecule has 1 amide bonds. The lowest BCUT2D eigenvalue weighted by Crippen LogP contribution is -2.35. The van der Waals surface area contributed by atoms with Gasteiger partial charge < -0.3 is 15.0 Å². The highest BCUT2D eigenvalue weighted by atomic mass is 16.5. The van der Waals surface area contributed by atoms with Crippen molar-refractivity contribution in [2.75, 3.05) is 7.11 Å². The molecule has 0 fully saturated rings. The zero-order chi connectivity index (χ0) is 21.9. The van der Waals surface area contributed by atoms with Gasteiger partial charge in [-0.2, -0.15) is 0 Å². The minimum absolute atomic E-state index is 0.210. The lowest BCUT2D eigenvalue weighted by molar-refractivity contribution is -0.140. The van der Waals surface area contributed by atoms with Crippen molar-refractivity contribution in [1.82, 2.24) is 9.55 Å². The standard InChI is InChI=1S/C24H27N3O3/c1-24(2,23(25)29)19-12-10-17(11-13-19)20-15-27(3)22(26-20)18-8-5-16(6-9-18)7-14-21(28)30-4/h5-6,8-13,15H,7,14H2,1-4H3,(H2,25,29). The van der Waals surface area contributed by atoms with Gasteiger partial charge >= 0.3 is 5.97 Å². The van der Waals surface area contributed by atoms with E-state index < -0.39 is 5.41 Å². The summed E-state index contributed by atoms with van der Waals surface area (Å²) < 4.78 is 6.67. The molecule has 3 rings (SSSR count). The van der Waals surface area contributed by atoms with Crippen LogP contribution in [0.5, 0.6) is 0 Å². The van der Waals surface area contributed by atoms with Gasteiger partial charge in [0.25, 0.3) is 0 Å². The first-order valence-electron chi connectivity index (χ1n) is 9.82. The van der Waals surface area contributed by atoms with Crippen molar-refractivity contribution in [2.24, 2.45) is 12.8 Å². The molecule has 0 spiro atoms. The Balaban J connectivity index is 1.80. The predicted octanol–water partition coefficient (Wildman–Crippen LogP) is 3.62. The van der Waals surface area contributed by atoms with Gasteiger partial charge in [0.2, 0.25) is 5.91 Å². The number of rotatable bonds is 7. The van der Waals surface area contributed by atoms with Crippen molar-refractivity contribution >= 4 is 11.9 Å². The number of aryl methyl sites for hydroxylation is 2. The molecular formula is C24H27N3O3. The lowest BCUT2D eigenvalue weighted by Gasteiger charge is -2.21. The van der Waals surface area contributed by atoms with Crippen LogP contribution in [-0.2, 0) is 33.2 Å². The number of nitrogens with zero attached hydrogens (tertiary/aromatic N) is 2. The van der Waals surface area contributed by atoms with Crippen LogP contribution in [0.15, 0.2) is 54.7 Å². The van der Waals surface area contributed by atoms with Crippen LogP contribution in [0.3, 0.4) is 0 Å². The normalized spacial score (nSPS) is 11.3. The average molecular weight is 405 g/mol. The molecule has 3 aromatic rings. The fraction of sp³-hybridized carbons (Fsp3) is 0.292. The maximum atomic E-state index is 11.7.